The fourth-order valence-electron chi connectivity index (χ4n) is 2.63. The minimum Gasteiger partial charge on any atom is -0.464 e. The highest BCUT2D eigenvalue weighted by molar-refractivity contribution is 7.98. The van der Waals surface area contributed by atoms with E-state index >= 15 is 0 Å². The number of anilines is 2. The lowest BCUT2D eigenvalue weighted by Gasteiger charge is -2.22. The molecule has 0 saturated carbocycles. The van der Waals surface area contributed by atoms with E-state index in [2.05, 4.69) is 41.0 Å². The van der Waals surface area contributed by atoms with E-state index in [0.717, 1.165) is 48.7 Å². The summed E-state index contributed by atoms with van der Waals surface area (Å²) in [6, 6.07) is 1.73. The van der Waals surface area contributed by atoms with Gasteiger partial charge in [-0.2, -0.15) is 4.98 Å². The molecule has 7 nitrogen and oxygen atoms in total. The molecule has 0 bridgehead atoms. The maximum Gasteiger partial charge on any atom is 0.356 e. The van der Waals surface area contributed by atoms with Gasteiger partial charge < -0.3 is 15.0 Å². The first kappa shape index (κ1) is 20.2. The zero-order chi connectivity index (χ0) is 19.1. The number of esters is 1. The largest absolute Gasteiger partial charge is 0.464 e. The number of fused-ring (bicyclic) bond motifs is 1. The Hall–Kier alpha value is -2.09. The van der Waals surface area contributed by atoms with Crippen LogP contribution in [0.5, 0.6) is 0 Å². The average Bonchev–Trinajstić information content (AvgIpc) is 2.67. The second kappa shape index (κ2) is 9.56. The van der Waals surface area contributed by atoms with Crippen molar-refractivity contribution in [2.45, 2.75) is 38.5 Å². The zero-order valence-corrected chi connectivity index (χ0v) is 16.9. The Morgan fingerprint density at radius 1 is 1.19 bits per heavy atom. The van der Waals surface area contributed by atoms with Gasteiger partial charge in [-0.15, -0.1) is 11.8 Å². The van der Waals surface area contributed by atoms with Crippen molar-refractivity contribution in [2.75, 3.05) is 43.2 Å². The molecule has 0 aromatic carbocycles. The number of thioether (sulfide) groups is 1. The van der Waals surface area contributed by atoms with Crippen LogP contribution in [0.1, 0.15) is 44.1 Å². The summed E-state index contributed by atoms with van der Waals surface area (Å²) < 4.78 is 4.85. The van der Waals surface area contributed by atoms with Crippen LogP contribution in [0.25, 0.3) is 11.0 Å². The van der Waals surface area contributed by atoms with Gasteiger partial charge >= 0.3 is 5.97 Å². The van der Waals surface area contributed by atoms with Crippen LogP contribution >= 0.6 is 11.8 Å². The number of ether oxygens (including phenoxy) is 1. The molecule has 2 rings (SSSR count). The molecule has 8 heteroatoms. The standard InChI is InChI=1S/C18H27N5O2S/c1-6-9-10-19-18-21-14-13(26-5)11-12(17(24)25-4)20-15(14)16(22-18)23(7-2)8-3/h11H,6-10H2,1-5H3,(H,19,21,22). The number of hydrogen-bond acceptors (Lipinski definition) is 8. The fraction of sp³-hybridized carbons (Fsp3) is 0.556. The molecule has 0 aliphatic rings. The number of nitrogens with zero attached hydrogens (tertiary/aromatic N) is 4. The van der Waals surface area contributed by atoms with Gasteiger partial charge in [-0.05, 0) is 32.6 Å². The Kier molecular flexibility index (Phi) is 7.44. The van der Waals surface area contributed by atoms with Crippen LogP contribution in [0.4, 0.5) is 11.8 Å². The maximum atomic E-state index is 12.0. The van der Waals surface area contributed by atoms with Crippen molar-refractivity contribution in [3.63, 3.8) is 0 Å². The van der Waals surface area contributed by atoms with Gasteiger partial charge in [0.05, 0.1) is 7.11 Å². The quantitative estimate of drug-likeness (QED) is 0.403. The monoisotopic (exact) mass is 377 g/mol. The van der Waals surface area contributed by atoms with Crippen molar-refractivity contribution in [3.8, 4) is 0 Å². The molecule has 0 spiro atoms. The van der Waals surface area contributed by atoms with Crippen LogP contribution in [-0.2, 0) is 4.74 Å². The molecule has 0 amide bonds. The zero-order valence-electron chi connectivity index (χ0n) is 16.1. The maximum absolute atomic E-state index is 12.0. The lowest BCUT2D eigenvalue weighted by molar-refractivity contribution is 0.0594. The number of hydrogen-bond donors (Lipinski definition) is 1. The minimum atomic E-state index is -0.460. The summed E-state index contributed by atoms with van der Waals surface area (Å²) in [5, 5.41) is 3.30. The predicted octanol–water partition coefficient (Wildman–Crippen LogP) is 3.59. The molecule has 0 atom stereocenters. The van der Waals surface area contributed by atoms with Gasteiger partial charge in [0.25, 0.3) is 0 Å². The molecule has 0 unspecified atom stereocenters. The third kappa shape index (κ3) is 4.35. The number of aromatic nitrogens is 3. The van der Waals surface area contributed by atoms with E-state index < -0.39 is 5.97 Å². The Morgan fingerprint density at radius 2 is 1.92 bits per heavy atom. The van der Waals surface area contributed by atoms with E-state index in [1.54, 1.807) is 6.07 Å². The predicted molar refractivity (Wildman–Crippen MR) is 107 cm³/mol. The van der Waals surface area contributed by atoms with Crippen LogP contribution in [0, 0.1) is 0 Å². The first-order valence-electron chi connectivity index (χ1n) is 8.93. The molecule has 0 fully saturated rings. The van der Waals surface area contributed by atoms with E-state index in [4.69, 9.17) is 9.72 Å². The van der Waals surface area contributed by atoms with E-state index in [-0.39, 0.29) is 5.69 Å². The van der Waals surface area contributed by atoms with Gasteiger partial charge in [-0.3, -0.25) is 0 Å². The third-order valence-electron chi connectivity index (χ3n) is 4.09. The Bertz CT molecular complexity index is 765. The molecule has 2 heterocycles. The van der Waals surface area contributed by atoms with Crippen molar-refractivity contribution in [1.82, 2.24) is 15.0 Å². The van der Waals surface area contributed by atoms with Crippen molar-refractivity contribution in [2.24, 2.45) is 0 Å². The highest BCUT2D eigenvalue weighted by Gasteiger charge is 2.20. The first-order valence-corrected chi connectivity index (χ1v) is 10.2. The van der Waals surface area contributed by atoms with Gasteiger partial charge in [-0.25, -0.2) is 14.8 Å². The SMILES string of the molecule is CCCCNc1nc(N(CC)CC)c2nc(C(=O)OC)cc(SC)c2n1. The molecule has 26 heavy (non-hydrogen) atoms. The Labute approximate surface area is 158 Å². The second-order valence-electron chi connectivity index (χ2n) is 5.72. The minimum absolute atomic E-state index is 0.271. The summed E-state index contributed by atoms with van der Waals surface area (Å²) >= 11 is 1.53. The number of nitrogens with one attached hydrogen (secondary N) is 1. The van der Waals surface area contributed by atoms with Crippen molar-refractivity contribution >= 4 is 40.5 Å². The van der Waals surface area contributed by atoms with Crippen molar-refractivity contribution in [3.05, 3.63) is 11.8 Å². The summed E-state index contributed by atoms with van der Waals surface area (Å²) in [5.41, 5.74) is 1.65. The van der Waals surface area contributed by atoms with Crippen LogP contribution in [0.3, 0.4) is 0 Å². The average molecular weight is 378 g/mol. The fourth-order valence-corrected chi connectivity index (χ4v) is 3.19. The number of unbranched alkanes of at least 4 members (excludes halogenated alkanes) is 1. The Balaban J connectivity index is 2.68. The summed E-state index contributed by atoms with van der Waals surface area (Å²) in [5.74, 6) is 0.869. The smallest absolute Gasteiger partial charge is 0.356 e. The number of carbonyl (C=O) groups is 1. The highest BCUT2D eigenvalue weighted by atomic mass is 32.2. The molecule has 0 aliphatic heterocycles. The van der Waals surface area contributed by atoms with Gasteiger partial charge in [0, 0.05) is 24.5 Å². The number of rotatable bonds is 9. The molecule has 142 valence electrons. The molecule has 0 saturated heterocycles. The molecule has 2 aromatic rings. The van der Waals surface area contributed by atoms with E-state index in [0.29, 0.717) is 11.5 Å². The van der Waals surface area contributed by atoms with E-state index in [1.807, 2.05) is 6.26 Å². The molecule has 0 aliphatic carbocycles. The van der Waals surface area contributed by atoms with Crippen LogP contribution in [-0.4, -0.2) is 53.9 Å². The first-order chi connectivity index (χ1) is 12.6. The van der Waals surface area contributed by atoms with E-state index in [9.17, 15) is 4.79 Å². The summed E-state index contributed by atoms with van der Waals surface area (Å²) in [7, 11) is 1.36. The van der Waals surface area contributed by atoms with Crippen molar-refractivity contribution in [1.29, 1.82) is 0 Å². The number of pyridine rings is 1. The van der Waals surface area contributed by atoms with Crippen LogP contribution in [0.15, 0.2) is 11.0 Å². The van der Waals surface area contributed by atoms with Crippen molar-refractivity contribution < 1.29 is 9.53 Å². The van der Waals surface area contributed by atoms with Gasteiger partial charge in [-0.1, -0.05) is 13.3 Å². The summed E-state index contributed by atoms with van der Waals surface area (Å²) in [6.07, 6.45) is 4.11. The lowest BCUT2D eigenvalue weighted by Crippen LogP contribution is -2.24. The number of methoxy groups -OCH3 is 1. The highest BCUT2D eigenvalue weighted by Crippen LogP contribution is 2.31. The lowest BCUT2D eigenvalue weighted by atomic mass is 10.2. The topological polar surface area (TPSA) is 80.2 Å². The van der Waals surface area contributed by atoms with Crippen LogP contribution in [0.2, 0.25) is 0 Å². The normalized spacial score (nSPS) is 10.8. The second-order valence-corrected chi connectivity index (χ2v) is 6.57. The van der Waals surface area contributed by atoms with Crippen LogP contribution < -0.4 is 10.2 Å². The third-order valence-corrected chi connectivity index (χ3v) is 4.84. The van der Waals surface area contributed by atoms with Gasteiger partial charge in [0.15, 0.2) is 5.82 Å². The van der Waals surface area contributed by atoms with Gasteiger partial charge in [0.1, 0.15) is 16.7 Å². The Morgan fingerprint density at radius 3 is 2.50 bits per heavy atom. The molecule has 0 radical (unpaired) electrons. The molecular weight excluding hydrogens is 350 g/mol. The molecular formula is C18H27N5O2S. The number of carbonyl (C=O) groups excluding carboxylic acids is 1. The summed E-state index contributed by atoms with van der Waals surface area (Å²) in [6.45, 7) is 8.68. The molecule has 1 N–H and O–H groups in total. The van der Waals surface area contributed by atoms with E-state index in [1.165, 1.54) is 18.9 Å². The summed E-state index contributed by atoms with van der Waals surface area (Å²) in [4.78, 5) is 28.9. The molecule has 2 aromatic heterocycles. The van der Waals surface area contributed by atoms with Gasteiger partial charge in [0.2, 0.25) is 5.95 Å².